The molecular formula is C10H11ClN2. The number of aromatic amines is 1. The van der Waals surface area contributed by atoms with Gasteiger partial charge in [0.15, 0.2) is 0 Å². The van der Waals surface area contributed by atoms with Crippen molar-refractivity contribution in [2.24, 2.45) is 0 Å². The second-order valence-electron chi connectivity index (χ2n) is 3.01. The van der Waals surface area contributed by atoms with E-state index >= 15 is 0 Å². The first-order valence-electron chi connectivity index (χ1n) is 4.22. The average molecular weight is 195 g/mol. The molecule has 1 aromatic carbocycles. The topological polar surface area (TPSA) is 27.8 Å². The van der Waals surface area contributed by atoms with Crippen LogP contribution in [0.5, 0.6) is 0 Å². The third-order valence-corrected chi connectivity index (χ3v) is 2.43. The van der Waals surface area contributed by atoms with Crippen molar-refractivity contribution < 1.29 is 0 Å². The molecule has 1 aromatic heterocycles. The van der Waals surface area contributed by atoms with Gasteiger partial charge in [-0.05, 0) is 18.7 Å². The van der Waals surface area contributed by atoms with Crippen molar-refractivity contribution in [2.45, 2.75) is 6.54 Å². The zero-order valence-electron chi connectivity index (χ0n) is 7.39. The van der Waals surface area contributed by atoms with Crippen LogP contribution < -0.4 is 5.32 Å². The second kappa shape index (κ2) is 3.40. The van der Waals surface area contributed by atoms with E-state index in [4.69, 9.17) is 11.6 Å². The Balaban J connectivity index is 2.61. The van der Waals surface area contributed by atoms with Crippen LogP contribution in [0.2, 0.25) is 5.02 Å². The van der Waals surface area contributed by atoms with Gasteiger partial charge in [-0.2, -0.15) is 0 Å². The zero-order chi connectivity index (χ0) is 9.26. The molecule has 0 atom stereocenters. The summed E-state index contributed by atoms with van der Waals surface area (Å²) < 4.78 is 0. The molecule has 2 rings (SSSR count). The Labute approximate surface area is 81.9 Å². The van der Waals surface area contributed by atoms with Crippen LogP contribution >= 0.6 is 11.6 Å². The van der Waals surface area contributed by atoms with E-state index in [-0.39, 0.29) is 0 Å². The highest BCUT2D eigenvalue weighted by Gasteiger charge is 2.04. The highest BCUT2D eigenvalue weighted by molar-refractivity contribution is 6.35. The molecule has 2 aromatic rings. The number of fused-ring (bicyclic) bond motifs is 1. The Morgan fingerprint density at radius 1 is 1.46 bits per heavy atom. The lowest BCUT2D eigenvalue weighted by Gasteiger charge is -1.97. The Morgan fingerprint density at radius 2 is 2.31 bits per heavy atom. The number of hydrogen-bond acceptors (Lipinski definition) is 1. The second-order valence-corrected chi connectivity index (χ2v) is 3.41. The first-order chi connectivity index (χ1) is 6.33. The van der Waals surface area contributed by atoms with Crippen LogP contribution in [0.4, 0.5) is 0 Å². The summed E-state index contributed by atoms with van der Waals surface area (Å²) in [7, 11) is 1.93. The maximum absolute atomic E-state index is 6.02. The minimum atomic E-state index is 0.778. The predicted molar refractivity (Wildman–Crippen MR) is 56.1 cm³/mol. The summed E-state index contributed by atoms with van der Waals surface area (Å²) in [5.41, 5.74) is 2.27. The third-order valence-electron chi connectivity index (χ3n) is 2.12. The van der Waals surface area contributed by atoms with Gasteiger partial charge in [0, 0.05) is 18.1 Å². The number of benzene rings is 1. The summed E-state index contributed by atoms with van der Waals surface area (Å²) in [5.74, 6) is 0. The average Bonchev–Trinajstić information content (AvgIpc) is 2.51. The molecule has 0 radical (unpaired) electrons. The highest BCUT2D eigenvalue weighted by Crippen LogP contribution is 2.24. The van der Waals surface area contributed by atoms with Crippen LogP contribution in [0, 0.1) is 0 Å². The van der Waals surface area contributed by atoms with E-state index in [0.29, 0.717) is 0 Å². The number of hydrogen-bond donors (Lipinski definition) is 2. The first-order valence-corrected chi connectivity index (χ1v) is 4.60. The molecule has 68 valence electrons. The van der Waals surface area contributed by atoms with Crippen molar-refractivity contribution in [1.29, 1.82) is 0 Å². The smallest absolute Gasteiger partial charge is 0.0647 e. The van der Waals surface area contributed by atoms with Crippen molar-refractivity contribution in [2.75, 3.05) is 7.05 Å². The molecule has 0 saturated carbocycles. The molecule has 2 nitrogen and oxygen atoms in total. The van der Waals surface area contributed by atoms with Crippen LogP contribution in [-0.2, 0) is 6.54 Å². The molecule has 1 heterocycles. The molecule has 0 saturated heterocycles. The molecule has 0 aliphatic rings. The van der Waals surface area contributed by atoms with Gasteiger partial charge in [-0.15, -0.1) is 0 Å². The van der Waals surface area contributed by atoms with Crippen molar-refractivity contribution in [3.63, 3.8) is 0 Å². The molecule has 0 unspecified atom stereocenters. The highest BCUT2D eigenvalue weighted by atomic mass is 35.5. The summed E-state index contributed by atoms with van der Waals surface area (Å²) in [6.45, 7) is 0.861. The Bertz CT molecular complexity index is 420. The van der Waals surface area contributed by atoms with Gasteiger partial charge >= 0.3 is 0 Å². The van der Waals surface area contributed by atoms with E-state index in [0.717, 1.165) is 17.1 Å². The van der Waals surface area contributed by atoms with Crippen molar-refractivity contribution in [3.05, 3.63) is 35.0 Å². The molecule has 2 N–H and O–H groups in total. The minimum absolute atomic E-state index is 0.778. The van der Waals surface area contributed by atoms with Gasteiger partial charge in [0.25, 0.3) is 0 Å². The van der Waals surface area contributed by atoms with Gasteiger partial charge in [-0.3, -0.25) is 0 Å². The summed E-state index contributed by atoms with van der Waals surface area (Å²) >= 11 is 6.02. The fourth-order valence-electron chi connectivity index (χ4n) is 1.51. The van der Waals surface area contributed by atoms with Crippen LogP contribution in [0.3, 0.4) is 0 Å². The quantitative estimate of drug-likeness (QED) is 0.756. The number of H-pyrrole nitrogens is 1. The SMILES string of the molecule is CNCc1c[nH]c2c(Cl)cccc12. The first kappa shape index (κ1) is 8.60. The maximum Gasteiger partial charge on any atom is 0.0647 e. The van der Waals surface area contributed by atoms with Crippen LogP contribution in [0.15, 0.2) is 24.4 Å². The van der Waals surface area contributed by atoms with E-state index in [1.165, 1.54) is 10.9 Å². The molecule has 0 fully saturated rings. The van der Waals surface area contributed by atoms with Crippen LogP contribution in [0.1, 0.15) is 5.56 Å². The summed E-state index contributed by atoms with van der Waals surface area (Å²) in [6.07, 6.45) is 1.99. The Morgan fingerprint density at radius 3 is 3.08 bits per heavy atom. The zero-order valence-corrected chi connectivity index (χ0v) is 8.15. The van der Waals surface area contributed by atoms with Crippen molar-refractivity contribution in [1.82, 2.24) is 10.3 Å². The van der Waals surface area contributed by atoms with Crippen LogP contribution in [-0.4, -0.2) is 12.0 Å². The lowest BCUT2D eigenvalue weighted by molar-refractivity contribution is 0.823. The van der Waals surface area contributed by atoms with Gasteiger partial charge < -0.3 is 10.3 Å². The Kier molecular flexibility index (Phi) is 2.25. The van der Waals surface area contributed by atoms with E-state index in [9.17, 15) is 0 Å². The molecule has 0 aliphatic heterocycles. The monoisotopic (exact) mass is 194 g/mol. The van der Waals surface area contributed by atoms with E-state index in [2.05, 4.69) is 16.4 Å². The number of rotatable bonds is 2. The lowest BCUT2D eigenvalue weighted by Crippen LogP contribution is -2.03. The molecule has 0 aliphatic carbocycles. The number of halogens is 1. The maximum atomic E-state index is 6.02. The summed E-state index contributed by atoms with van der Waals surface area (Å²) in [5, 5.41) is 5.09. The van der Waals surface area contributed by atoms with E-state index in [1.54, 1.807) is 0 Å². The fourth-order valence-corrected chi connectivity index (χ4v) is 1.74. The fraction of sp³-hybridized carbons (Fsp3) is 0.200. The molecule has 0 bridgehead atoms. The summed E-state index contributed by atoms with van der Waals surface area (Å²) in [4.78, 5) is 3.17. The summed E-state index contributed by atoms with van der Waals surface area (Å²) in [6, 6.07) is 5.94. The number of aromatic nitrogens is 1. The van der Waals surface area contributed by atoms with Gasteiger partial charge in [0.1, 0.15) is 0 Å². The third kappa shape index (κ3) is 1.43. The van der Waals surface area contributed by atoms with E-state index in [1.807, 2.05) is 25.4 Å². The Hall–Kier alpha value is -0.990. The molecule has 13 heavy (non-hydrogen) atoms. The number of para-hydroxylation sites is 1. The molecule has 0 amide bonds. The predicted octanol–water partition coefficient (Wildman–Crippen LogP) is 2.54. The minimum Gasteiger partial charge on any atom is -0.360 e. The molecule has 0 spiro atoms. The van der Waals surface area contributed by atoms with Crippen molar-refractivity contribution >= 4 is 22.5 Å². The number of nitrogens with one attached hydrogen (secondary N) is 2. The standard InChI is InChI=1S/C10H11ClN2/c1-12-5-7-6-13-10-8(7)3-2-4-9(10)11/h2-4,6,12-13H,5H2,1H3. The van der Waals surface area contributed by atoms with Gasteiger partial charge in [0.2, 0.25) is 0 Å². The van der Waals surface area contributed by atoms with Gasteiger partial charge in [-0.25, -0.2) is 0 Å². The van der Waals surface area contributed by atoms with Crippen molar-refractivity contribution in [3.8, 4) is 0 Å². The molecular weight excluding hydrogens is 184 g/mol. The van der Waals surface area contributed by atoms with E-state index < -0.39 is 0 Å². The largest absolute Gasteiger partial charge is 0.360 e. The molecule has 3 heteroatoms. The van der Waals surface area contributed by atoms with Gasteiger partial charge in [-0.1, -0.05) is 23.7 Å². The van der Waals surface area contributed by atoms with Crippen LogP contribution in [0.25, 0.3) is 10.9 Å². The lowest BCUT2D eigenvalue weighted by atomic mass is 10.2. The normalized spacial score (nSPS) is 10.9. The van der Waals surface area contributed by atoms with Gasteiger partial charge in [0.05, 0.1) is 10.5 Å².